The van der Waals surface area contributed by atoms with E-state index < -0.39 is 12.7 Å². The van der Waals surface area contributed by atoms with Gasteiger partial charge in [-0.2, -0.15) is 0 Å². The van der Waals surface area contributed by atoms with Gasteiger partial charge in [0.1, 0.15) is 10.4 Å². The van der Waals surface area contributed by atoms with Crippen molar-refractivity contribution in [3.63, 3.8) is 0 Å². The molecule has 0 N–H and O–H groups in total. The van der Waals surface area contributed by atoms with Gasteiger partial charge < -0.3 is 0 Å². The third-order valence-corrected chi connectivity index (χ3v) is 1.17. The first kappa shape index (κ1) is 3.66. The Morgan fingerprint density at radius 1 is 1.78 bits per heavy atom. The van der Waals surface area contributed by atoms with Crippen molar-refractivity contribution in [1.82, 2.24) is 4.98 Å². The highest BCUT2D eigenvalue weighted by molar-refractivity contribution is 9.10. The second kappa shape index (κ2) is 2.43. The minimum absolute atomic E-state index is 0.189. The van der Waals surface area contributed by atoms with E-state index in [1.165, 1.54) is 0 Å². The van der Waals surface area contributed by atoms with Crippen molar-refractivity contribution >= 4 is 15.9 Å². The number of hydrogen-bond acceptors (Lipinski definition) is 1. The lowest BCUT2D eigenvalue weighted by molar-refractivity contribution is 0.622. The molecule has 0 atom stereocenters. The number of nitrogens with zero attached hydrogens (tertiary/aromatic N) is 1. The van der Waals surface area contributed by atoms with Gasteiger partial charge in [-0.15, -0.1) is 0 Å². The molecule has 0 fully saturated rings. The molecule has 0 unspecified atom stereocenters. The van der Waals surface area contributed by atoms with Gasteiger partial charge in [0, 0.05) is 15.9 Å². The van der Waals surface area contributed by atoms with Crippen LogP contribution in [0.2, 0.25) is 0 Å². The third kappa shape index (κ3) is 1.75. The summed E-state index contributed by atoms with van der Waals surface area (Å²) in [5, 5.41) is 0. The van der Waals surface area contributed by atoms with Crippen LogP contribution in [-0.2, 0) is 0 Å². The first-order chi connectivity index (χ1) is 5.39. The molecule has 0 aliphatic carbocycles. The highest BCUT2D eigenvalue weighted by atomic mass is 79.9. The number of hydrogen-bond donors (Lipinski definition) is 0. The maximum absolute atomic E-state index is 12.6. The van der Waals surface area contributed by atoms with Gasteiger partial charge in [0.15, 0.2) is 0 Å². The normalized spacial score (nSPS) is 16.0. The van der Waals surface area contributed by atoms with Crippen molar-refractivity contribution in [1.29, 1.82) is 0 Å². The molecular formula is C6H5BrFN. The third-order valence-electron chi connectivity index (χ3n) is 0.759. The van der Waals surface area contributed by atoms with Crippen LogP contribution in [0.15, 0.2) is 16.7 Å². The molecule has 0 aliphatic rings. The highest BCUT2D eigenvalue weighted by Gasteiger charge is 1.93. The maximum atomic E-state index is 12.6. The summed E-state index contributed by atoms with van der Waals surface area (Å²) in [6.07, 6.45) is 0. The van der Waals surface area contributed by atoms with Crippen LogP contribution in [0.1, 0.15) is 9.81 Å². The molecule has 0 bridgehead atoms. The first-order valence-corrected chi connectivity index (χ1v) is 3.02. The zero-order valence-corrected chi connectivity index (χ0v) is 5.94. The van der Waals surface area contributed by atoms with Crippen molar-refractivity contribution in [3.05, 3.63) is 28.2 Å². The van der Waals surface area contributed by atoms with E-state index in [1.54, 1.807) is 0 Å². The lowest BCUT2D eigenvalue weighted by Gasteiger charge is -1.92. The van der Waals surface area contributed by atoms with Crippen LogP contribution in [-0.4, -0.2) is 4.98 Å². The van der Waals surface area contributed by atoms with E-state index in [9.17, 15) is 4.39 Å². The smallest absolute Gasteiger partial charge is 0.127 e. The Hall–Kier alpha value is -0.440. The summed E-state index contributed by atoms with van der Waals surface area (Å²) in [6.45, 7) is -2.36. The molecular weight excluding hydrogens is 185 g/mol. The zero-order valence-electron chi connectivity index (χ0n) is 7.36. The van der Waals surface area contributed by atoms with E-state index in [-0.39, 0.29) is 10.3 Å². The van der Waals surface area contributed by atoms with E-state index in [0.717, 1.165) is 12.1 Å². The number of rotatable bonds is 0. The van der Waals surface area contributed by atoms with E-state index in [4.69, 9.17) is 4.11 Å². The fraction of sp³-hybridized carbons (Fsp3) is 0.167. The van der Waals surface area contributed by atoms with Gasteiger partial charge in [0.05, 0.1) is 0 Å². The van der Waals surface area contributed by atoms with Crippen molar-refractivity contribution < 1.29 is 8.50 Å². The SMILES string of the molecule is [2H]C([2H])([2H])c1cc(F)cc(Br)n1. The molecule has 1 nitrogen and oxygen atoms in total. The molecule has 1 heterocycles. The highest BCUT2D eigenvalue weighted by Crippen LogP contribution is 2.08. The molecule has 1 aromatic rings. The van der Waals surface area contributed by atoms with Crippen molar-refractivity contribution in [2.45, 2.75) is 6.85 Å². The Morgan fingerprint density at radius 2 is 2.56 bits per heavy atom. The molecule has 9 heavy (non-hydrogen) atoms. The Labute approximate surface area is 65.3 Å². The van der Waals surface area contributed by atoms with Crippen molar-refractivity contribution in [3.8, 4) is 0 Å². The molecule has 48 valence electrons. The summed E-state index contributed by atoms with van der Waals surface area (Å²) >= 11 is 2.90. The first-order valence-electron chi connectivity index (χ1n) is 3.73. The second-order valence-corrected chi connectivity index (χ2v) is 2.31. The van der Waals surface area contributed by atoms with Crippen LogP contribution in [0.3, 0.4) is 0 Å². The predicted molar refractivity (Wildman–Crippen MR) is 36.6 cm³/mol. The lowest BCUT2D eigenvalue weighted by Crippen LogP contribution is -1.83. The summed E-state index contributed by atoms with van der Waals surface area (Å²) in [5.74, 6) is -0.608. The Bertz CT molecular complexity index is 279. The quantitative estimate of drug-likeness (QED) is 0.576. The van der Waals surface area contributed by atoms with Crippen LogP contribution in [0.4, 0.5) is 4.39 Å². The predicted octanol–water partition coefficient (Wildman–Crippen LogP) is 2.29. The number of pyridine rings is 1. The van der Waals surface area contributed by atoms with Gasteiger partial charge in [0.2, 0.25) is 0 Å². The molecule has 3 heteroatoms. The maximum Gasteiger partial charge on any atom is 0.127 e. The average Bonchev–Trinajstić information content (AvgIpc) is 1.82. The molecule has 1 aromatic heterocycles. The molecule has 1 rings (SSSR count). The zero-order chi connectivity index (χ0) is 9.35. The Kier molecular flexibility index (Phi) is 0.990. The Morgan fingerprint density at radius 3 is 3.11 bits per heavy atom. The summed E-state index contributed by atoms with van der Waals surface area (Å²) < 4.78 is 33.7. The van der Waals surface area contributed by atoms with Gasteiger partial charge in [-0.25, -0.2) is 9.37 Å². The van der Waals surface area contributed by atoms with E-state index >= 15 is 0 Å². The van der Waals surface area contributed by atoms with Crippen molar-refractivity contribution in [2.24, 2.45) is 0 Å². The van der Waals surface area contributed by atoms with Gasteiger partial charge in [-0.1, -0.05) is 0 Å². The van der Waals surface area contributed by atoms with E-state index in [1.807, 2.05) is 0 Å². The standard InChI is InChI=1S/C6H5BrFN/c1-4-2-5(8)3-6(7)9-4/h2-3H,1H3/i1D3. The summed E-state index contributed by atoms with van der Waals surface area (Å²) in [5.41, 5.74) is -0.241. The molecule has 0 amide bonds. The topological polar surface area (TPSA) is 12.9 Å². The molecule has 0 aliphatic heterocycles. The minimum atomic E-state index is -2.36. The fourth-order valence-corrected chi connectivity index (χ4v) is 0.875. The monoisotopic (exact) mass is 192 g/mol. The van der Waals surface area contributed by atoms with Crippen molar-refractivity contribution in [2.75, 3.05) is 0 Å². The van der Waals surface area contributed by atoms with Gasteiger partial charge in [-0.05, 0) is 28.8 Å². The van der Waals surface area contributed by atoms with Crippen LogP contribution in [0.5, 0.6) is 0 Å². The lowest BCUT2D eigenvalue weighted by atomic mass is 10.4. The van der Waals surface area contributed by atoms with Crippen LogP contribution in [0, 0.1) is 12.7 Å². The summed E-state index contributed by atoms with van der Waals surface area (Å²) in [4.78, 5) is 3.62. The second-order valence-electron chi connectivity index (χ2n) is 1.49. The van der Waals surface area contributed by atoms with Gasteiger partial charge in [0.25, 0.3) is 0 Å². The van der Waals surface area contributed by atoms with Crippen LogP contribution >= 0.6 is 15.9 Å². The molecule has 0 spiro atoms. The fourth-order valence-electron chi connectivity index (χ4n) is 0.466. The van der Waals surface area contributed by atoms with E-state index in [0.29, 0.717) is 0 Å². The van der Waals surface area contributed by atoms with Crippen LogP contribution in [0.25, 0.3) is 0 Å². The van der Waals surface area contributed by atoms with Crippen LogP contribution < -0.4 is 0 Å². The van der Waals surface area contributed by atoms with E-state index in [2.05, 4.69) is 20.9 Å². The van der Waals surface area contributed by atoms with Gasteiger partial charge in [-0.3, -0.25) is 0 Å². The summed E-state index contributed by atoms with van der Waals surface area (Å²) in [7, 11) is 0. The Balaban J connectivity index is 3.18. The molecule has 0 saturated carbocycles. The summed E-state index contributed by atoms with van der Waals surface area (Å²) in [6, 6.07) is 2.01. The number of halogens is 2. The minimum Gasteiger partial charge on any atom is -0.246 e. The largest absolute Gasteiger partial charge is 0.246 e. The average molecular weight is 193 g/mol. The number of aromatic nitrogens is 1. The molecule has 0 radical (unpaired) electrons. The van der Waals surface area contributed by atoms with Gasteiger partial charge >= 0.3 is 0 Å². The molecule has 0 aromatic carbocycles. The molecule has 0 saturated heterocycles. The number of aryl methyl sites for hydroxylation is 1.